The average Bonchev–Trinajstić information content (AvgIpc) is 2.37. The minimum absolute atomic E-state index is 0.451. The number of hydroxylamine groups is 1. The van der Waals surface area contributed by atoms with Crippen molar-refractivity contribution in [2.45, 2.75) is 26.9 Å². The Morgan fingerprint density at radius 1 is 1.67 bits per heavy atom. The van der Waals surface area contributed by atoms with Crippen molar-refractivity contribution in [3.63, 3.8) is 0 Å². The summed E-state index contributed by atoms with van der Waals surface area (Å²) in [5.74, 6) is 0.572. The SMILES string of the molecule is CC(C)Cn1nccc1CNO. The van der Waals surface area contributed by atoms with E-state index in [9.17, 15) is 0 Å². The third-order valence-electron chi connectivity index (χ3n) is 1.60. The van der Waals surface area contributed by atoms with Gasteiger partial charge in [0.15, 0.2) is 0 Å². The maximum Gasteiger partial charge on any atom is 0.0628 e. The van der Waals surface area contributed by atoms with E-state index >= 15 is 0 Å². The average molecular weight is 169 g/mol. The van der Waals surface area contributed by atoms with Crippen LogP contribution in [0.25, 0.3) is 0 Å². The summed E-state index contributed by atoms with van der Waals surface area (Å²) in [6.45, 7) is 5.62. The van der Waals surface area contributed by atoms with Crippen LogP contribution < -0.4 is 5.48 Å². The van der Waals surface area contributed by atoms with Crippen molar-refractivity contribution < 1.29 is 5.21 Å². The van der Waals surface area contributed by atoms with Gasteiger partial charge in [0.05, 0.1) is 12.2 Å². The summed E-state index contributed by atoms with van der Waals surface area (Å²) in [5, 5.41) is 12.6. The Labute approximate surface area is 72.2 Å². The molecule has 4 heteroatoms. The van der Waals surface area contributed by atoms with Crippen molar-refractivity contribution in [1.29, 1.82) is 0 Å². The first-order valence-corrected chi connectivity index (χ1v) is 4.11. The topological polar surface area (TPSA) is 50.1 Å². The van der Waals surface area contributed by atoms with Gasteiger partial charge in [-0.05, 0) is 12.0 Å². The zero-order valence-electron chi connectivity index (χ0n) is 7.49. The molecule has 0 bridgehead atoms. The van der Waals surface area contributed by atoms with Crippen LogP contribution in [0.5, 0.6) is 0 Å². The van der Waals surface area contributed by atoms with Crippen molar-refractivity contribution in [1.82, 2.24) is 15.3 Å². The quantitative estimate of drug-likeness (QED) is 0.661. The molecule has 2 N–H and O–H groups in total. The molecule has 0 spiro atoms. The first kappa shape index (κ1) is 9.22. The lowest BCUT2D eigenvalue weighted by Crippen LogP contribution is -2.15. The third-order valence-corrected chi connectivity index (χ3v) is 1.60. The Kier molecular flexibility index (Phi) is 3.25. The summed E-state index contributed by atoms with van der Waals surface area (Å²) < 4.78 is 1.90. The van der Waals surface area contributed by atoms with E-state index in [1.54, 1.807) is 6.20 Å². The van der Waals surface area contributed by atoms with Crippen LogP contribution in [0.2, 0.25) is 0 Å². The van der Waals surface area contributed by atoms with E-state index in [-0.39, 0.29) is 0 Å². The standard InChI is InChI=1S/C8H15N3O/c1-7(2)6-11-8(5-10-12)3-4-9-11/h3-4,7,10,12H,5-6H2,1-2H3. The number of hydrogen-bond donors (Lipinski definition) is 2. The van der Waals surface area contributed by atoms with Crippen molar-refractivity contribution in [2.24, 2.45) is 5.92 Å². The molecule has 0 radical (unpaired) electrons. The highest BCUT2D eigenvalue weighted by Crippen LogP contribution is 2.02. The summed E-state index contributed by atoms with van der Waals surface area (Å²) in [6, 6.07) is 1.89. The van der Waals surface area contributed by atoms with Crippen molar-refractivity contribution >= 4 is 0 Å². The number of rotatable bonds is 4. The molecule has 0 aromatic carbocycles. The van der Waals surface area contributed by atoms with E-state index in [0.717, 1.165) is 12.2 Å². The van der Waals surface area contributed by atoms with E-state index in [0.29, 0.717) is 12.5 Å². The Hall–Kier alpha value is -0.870. The molecule has 1 heterocycles. The fourth-order valence-corrected chi connectivity index (χ4v) is 1.10. The summed E-state index contributed by atoms with van der Waals surface area (Å²) in [6.07, 6.45) is 1.75. The maximum atomic E-state index is 8.51. The van der Waals surface area contributed by atoms with Crippen LogP contribution in [0.15, 0.2) is 12.3 Å². The molecule has 0 atom stereocenters. The number of hydrogen-bond acceptors (Lipinski definition) is 3. The molecule has 0 saturated carbocycles. The molecule has 0 saturated heterocycles. The molecule has 0 aliphatic rings. The van der Waals surface area contributed by atoms with Crippen molar-refractivity contribution in [3.8, 4) is 0 Å². The highest BCUT2D eigenvalue weighted by molar-refractivity contribution is 4.99. The highest BCUT2D eigenvalue weighted by atomic mass is 16.5. The Balaban J connectivity index is 2.63. The fraction of sp³-hybridized carbons (Fsp3) is 0.625. The first-order valence-electron chi connectivity index (χ1n) is 4.11. The lowest BCUT2D eigenvalue weighted by Gasteiger charge is -2.08. The molecule has 0 amide bonds. The fourth-order valence-electron chi connectivity index (χ4n) is 1.10. The van der Waals surface area contributed by atoms with Crippen molar-refractivity contribution in [3.05, 3.63) is 18.0 Å². The van der Waals surface area contributed by atoms with E-state index in [1.165, 1.54) is 0 Å². The molecule has 1 aromatic heterocycles. The van der Waals surface area contributed by atoms with Gasteiger partial charge >= 0.3 is 0 Å². The lowest BCUT2D eigenvalue weighted by molar-refractivity contribution is 0.157. The van der Waals surface area contributed by atoms with E-state index in [2.05, 4.69) is 24.4 Å². The molecular formula is C8H15N3O. The van der Waals surface area contributed by atoms with Crippen LogP contribution in [-0.4, -0.2) is 15.0 Å². The van der Waals surface area contributed by atoms with Crippen LogP contribution >= 0.6 is 0 Å². The second kappa shape index (κ2) is 4.23. The Bertz CT molecular complexity index is 232. The molecule has 12 heavy (non-hydrogen) atoms. The van der Waals surface area contributed by atoms with Gasteiger partial charge in [-0.2, -0.15) is 10.6 Å². The van der Waals surface area contributed by atoms with Crippen LogP contribution in [0.3, 0.4) is 0 Å². The van der Waals surface area contributed by atoms with Gasteiger partial charge in [0, 0.05) is 12.7 Å². The van der Waals surface area contributed by atoms with Crippen LogP contribution in [0.4, 0.5) is 0 Å². The van der Waals surface area contributed by atoms with Gasteiger partial charge in [-0.15, -0.1) is 0 Å². The number of nitrogens with zero attached hydrogens (tertiary/aromatic N) is 2. The Morgan fingerprint density at radius 2 is 2.42 bits per heavy atom. The highest BCUT2D eigenvalue weighted by Gasteiger charge is 2.02. The molecule has 4 nitrogen and oxygen atoms in total. The first-order chi connectivity index (χ1) is 5.74. The van der Waals surface area contributed by atoms with Gasteiger partial charge in [0.25, 0.3) is 0 Å². The summed E-state index contributed by atoms with van der Waals surface area (Å²) >= 11 is 0. The normalized spacial score (nSPS) is 11.0. The molecule has 0 aliphatic carbocycles. The minimum atomic E-state index is 0.451. The van der Waals surface area contributed by atoms with Gasteiger partial charge in [-0.1, -0.05) is 13.8 Å². The summed E-state index contributed by atoms with van der Waals surface area (Å²) in [5.41, 5.74) is 3.13. The van der Waals surface area contributed by atoms with Gasteiger partial charge in [-0.3, -0.25) is 4.68 Å². The maximum absolute atomic E-state index is 8.51. The van der Waals surface area contributed by atoms with Crippen LogP contribution in [-0.2, 0) is 13.1 Å². The Morgan fingerprint density at radius 3 is 3.00 bits per heavy atom. The van der Waals surface area contributed by atoms with Crippen LogP contribution in [0.1, 0.15) is 19.5 Å². The molecule has 1 aromatic rings. The predicted octanol–water partition coefficient (Wildman–Crippen LogP) is 1.02. The molecular weight excluding hydrogens is 154 g/mol. The molecule has 0 unspecified atom stereocenters. The van der Waals surface area contributed by atoms with Crippen LogP contribution in [0, 0.1) is 5.92 Å². The van der Waals surface area contributed by atoms with Crippen molar-refractivity contribution in [2.75, 3.05) is 0 Å². The van der Waals surface area contributed by atoms with E-state index in [1.807, 2.05) is 10.7 Å². The third kappa shape index (κ3) is 2.32. The monoisotopic (exact) mass is 169 g/mol. The summed E-state index contributed by atoms with van der Waals surface area (Å²) in [7, 11) is 0. The molecule has 68 valence electrons. The molecule has 1 rings (SSSR count). The number of nitrogens with one attached hydrogen (secondary N) is 1. The van der Waals surface area contributed by atoms with Gasteiger partial charge in [0.1, 0.15) is 0 Å². The van der Waals surface area contributed by atoms with E-state index in [4.69, 9.17) is 5.21 Å². The van der Waals surface area contributed by atoms with Gasteiger partial charge < -0.3 is 5.21 Å². The second-order valence-electron chi connectivity index (χ2n) is 3.23. The minimum Gasteiger partial charge on any atom is -0.316 e. The lowest BCUT2D eigenvalue weighted by atomic mass is 10.2. The zero-order valence-corrected chi connectivity index (χ0v) is 7.49. The zero-order chi connectivity index (χ0) is 8.97. The van der Waals surface area contributed by atoms with Gasteiger partial charge in [0.2, 0.25) is 0 Å². The summed E-state index contributed by atoms with van der Waals surface area (Å²) in [4.78, 5) is 0. The van der Waals surface area contributed by atoms with E-state index < -0.39 is 0 Å². The van der Waals surface area contributed by atoms with Gasteiger partial charge in [-0.25, -0.2) is 0 Å². The largest absolute Gasteiger partial charge is 0.316 e. The molecule has 0 aliphatic heterocycles. The second-order valence-corrected chi connectivity index (χ2v) is 3.23. The smallest absolute Gasteiger partial charge is 0.0628 e. The predicted molar refractivity (Wildman–Crippen MR) is 45.7 cm³/mol. The molecule has 0 fully saturated rings. The number of aromatic nitrogens is 2.